The highest BCUT2D eigenvalue weighted by Crippen LogP contribution is 2.25. The Morgan fingerprint density at radius 1 is 1.14 bits per heavy atom. The molecule has 3 aromatic heterocycles. The third-order valence-corrected chi connectivity index (χ3v) is 4.47. The van der Waals surface area contributed by atoms with Crippen LogP contribution in [-0.2, 0) is 18.3 Å². The molecule has 140 valence electrons. The summed E-state index contributed by atoms with van der Waals surface area (Å²) in [5, 5.41) is 8.19. The van der Waals surface area contributed by atoms with Crippen molar-refractivity contribution >= 4 is 22.8 Å². The molecule has 1 atom stereocenters. The number of fused-ring (bicyclic) bond motifs is 1. The van der Waals surface area contributed by atoms with Gasteiger partial charge in [-0.05, 0) is 17.7 Å². The van der Waals surface area contributed by atoms with E-state index in [0.717, 1.165) is 16.5 Å². The normalized spacial score (nSPS) is 12.0. The van der Waals surface area contributed by atoms with E-state index in [4.69, 9.17) is 5.73 Å². The van der Waals surface area contributed by atoms with Gasteiger partial charge in [-0.3, -0.25) is 14.5 Å². The number of rotatable bonds is 6. The zero-order valence-electron chi connectivity index (χ0n) is 15.3. The topological polar surface area (TPSA) is 112 Å². The molecule has 8 nitrogen and oxygen atoms in total. The summed E-state index contributed by atoms with van der Waals surface area (Å²) < 4.78 is 1.67. The molecule has 4 aromatic rings. The number of pyridine rings is 1. The maximum absolute atomic E-state index is 12.1. The Morgan fingerprint density at radius 2 is 1.89 bits per heavy atom. The molecule has 8 heteroatoms. The van der Waals surface area contributed by atoms with Crippen molar-refractivity contribution in [3.05, 3.63) is 66.6 Å². The first-order valence-electron chi connectivity index (χ1n) is 8.82. The smallest absolute Gasteiger partial charge is 0.240 e. The van der Waals surface area contributed by atoms with Crippen molar-refractivity contribution in [1.82, 2.24) is 24.7 Å². The minimum Gasteiger partial charge on any atom is -0.368 e. The van der Waals surface area contributed by atoms with Crippen LogP contribution in [0.5, 0.6) is 0 Å². The van der Waals surface area contributed by atoms with Gasteiger partial charge in [-0.25, -0.2) is 9.97 Å². The van der Waals surface area contributed by atoms with Crippen molar-refractivity contribution in [2.24, 2.45) is 12.8 Å². The highest BCUT2D eigenvalue weighted by molar-refractivity contribution is 5.91. The van der Waals surface area contributed by atoms with E-state index >= 15 is 0 Å². The first-order chi connectivity index (χ1) is 13.6. The fraction of sp³-hybridized carbons (Fsp3) is 0.150. The minimum absolute atomic E-state index is 0.451. The highest BCUT2D eigenvalue weighted by Gasteiger charge is 2.20. The van der Waals surface area contributed by atoms with Crippen molar-refractivity contribution in [2.45, 2.75) is 12.5 Å². The van der Waals surface area contributed by atoms with Crippen molar-refractivity contribution in [3.8, 4) is 11.4 Å². The summed E-state index contributed by atoms with van der Waals surface area (Å²) in [5.74, 6) is 0.582. The van der Waals surface area contributed by atoms with Crippen molar-refractivity contribution in [1.29, 1.82) is 0 Å². The number of hydrogen-bond donors (Lipinski definition) is 2. The molecule has 0 saturated heterocycles. The molecule has 0 spiro atoms. The summed E-state index contributed by atoms with van der Waals surface area (Å²) >= 11 is 0. The van der Waals surface area contributed by atoms with Gasteiger partial charge < -0.3 is 11.1 Å². The average molecular weight is 373 g/mol. The number of carbonyl (C=O) groups is 1. The second-order valence-corrected chi connectivity index (χ2v) is 6.43. The average Bonchev–Trinajstić information content (AvgIpc) is 3.10. The Bertz CT molecular complexity index is 1110. The van der Waals surface area contributed by atoms with Gasteiger partial charge >= 0.3 is 0 Å². The Hall–Kier alpha value is -3.81. The predicted octanol–water partition coefficient (Wildman–Crippen LogP) is 1.93. The molecular weight excluding hydrogens is 354 g/mol. The SMILES string of the molecule is Cn1ncc2c(NC(Cc3ccccc3)C(N)=O)nc(-c3ccncc3)nc21. The number of nitrogens with two attached hydrogens (primary N) is 1. The van der Waals surface area contributed by atoms with Gasteiger partial charge in [0.15, 0.2) is 11.5 Å². The van der Waals surface area contributed by atoms with Gasteiger partial charge in [0.2, 0.25) is 5.91 Å². The maximum Gasteiger partial charge on any atom is 0.240 e. The fourth-order valence-electron chi connectivity index (χ4n) is 3.00. The van der Waals surface area contributed by atoms with Crippen LogP contribution in [0.25, 0.3) is 22.4 Å². The number of amides is 1. The third kappa shape index (κ3) is 3.52. The molecule has 3 N–H and O–H groups in total. The lowest BCUT2D eigenvalue weighted by Crippen LogP contribution is -2.37. The van der Waals surface area contributed by atoms with Crippen molar-refractivity contribution in [2.75, 3.05) is 5.32 Å². The second kappa shape index (κ2) is 7.43. The van der Waals surface area contributed by atoms with Gasteiger partial charge in [0.05, 0.1) is 11.6 Å². The number of aryl methyl sites for hydroxylation is 1. The molecular formula is C20H19N7O. The number of hydrogen-bond acceptors (Lipinski definition) is 6. The van der Waals surface area contributed by atoms with Crippen LogP contribution in [0, 0.1) is 0 Å². The van der Waals surface area contributed by atoms with Crippen LogP contribution in [0.2, 0.25) is 0 Å². The van der Waals surface area contributed by atoms with E-state index in [1.165, 1.54) is 0 Å². The number of nitrogens with one attached hydrogen (secondary N) is 1. The first kappa shape index (κ1) is 17.6. The molecule has 0 saturated carbocycles. The van der Waals surface area contributed by atoms with Crippen LogP contribution in [0.15, 0.2) is 61.1 Å². The summed E-state index contributed by atoms with van der Waals surface area (Å²) in [6, 6.07) is 12.7. The number of primary amides is 1. The van der Waals surface area contributed by atoms with Crippen molar-refractivity contribution in [3.63, 3.8) is 0 Å². The van der Waals surface area contributed by atoms with Crippen LogP contribution in [0.3, 0.4) is 0 Å². The first-order valence-corrected chi connectivity index (χ1v) is 8.82. The third-order valence-electron chi connectivity index (χ3n) is 4.47. The highest BCUT2D eigenvalue weighted by atomic mass is 16.1. The Balaban J connectivity index is 1.75. The van der Waals surface area contributed by atoms with E-state index in [0.29, 0.717) is 23.7 Å². The molecule has 1 aromatic carbocycles. The van der Waals surface area contributed by atoms with E-state index in [1.807, 2.05) is 49.5 Å². The van der Waals surface area contributed by atoms with Crippen LogP contribution < -0.4 is 11.1 Å². The Morgan fingerprint density at radius 3 is 2.61 bits per heavy atom. The molecule has 0 aliphatic heterocycles. The summed E-state index contributed by atoms with van der Waals surface area (Å²) in [6.07, 6.45) is 5.49. The van der Waals surface area contributed by atoms with Gasteiger partial charge in [-0.1, -0.05) is 30.3 Å². The van der Waals surface area contributed by atoms with Crippen LogP contribution in [-0.4, -0.2) is 36.7 Å². The quantitative estimate of drug-likeness (QED) is 0.534. The number of anilines is 1. The monoisotopic (exact) mass is 373 g/mol. The van der Waals surface area contributed by atoms with Gasteiger partial charge in [0, 0.05) is 31.4 Å². The largest absolute Gasteiger partial charge is 0.368 e. The number of nitrogens with zero attached hydrogens (tertiary/aromatic N) is 5. The van der Waals surface area contributed by atoms with Gasteiger partial charge in [-0.15, -0.1) is 0 Å². The zero-order valence-corrected chi connectivity index (χ0v) is 15.3. The summed E-state index contributed by atoms with van der Waals surface area (Å²) in [5.41, 5.74) is 8.14. The molecule has 0 radical (unpaired) electrons. The van der Waals surface area contributed by atoms with E-state index in [2.05, 4.69) is 25.4 Å². The summed E-state index contributed by atoms with van der Waals surface area (Å²) in [4.78, 5) is 25.4. The van der Waals surface area contributed by atoms with Crippen LogP contribution in [0.1, 0.15) is 5.56 Å². The molecule has 1 amide bonds. The molecule has 3 heterocycles. The maximum atomic E-state index is 12.1. The summed E-state index contributed by atoms with van der Waals surface area (Å²) in [7, 11) is 1.81. The molecule has 4 rings (SSSR count). The Labute approximate surface area is 161 Å². The fourth-order valence-corrected chi connectivity index (χ4v) is 3.00. The number of benzene rings is 1. The van der Waals surface area contributed by atoms with Crippen LogP contribution in [0.4, 0.5) is 5.82 Å². The molecule has 0 aliphatic rings. The lowest BCUT2D eigenvalue weighted by atomic mass is 10.1. The molecule has 1 unspecified atom stereocenters. The van der Waals surface area contributed by atoms with Crippen molar-refractivity contribution < 1.29 is 4.79 Å². The van der Waals surface area contributed by atoms with Gasteiger partial charge in [0.25, 0.3) is 0 Å². The van der Waals surface area contributed by atoms with E-state index < -0.39 is 11.9 Å². The zero-order chi connectivity index (χ0) is 19.5. The molecule has 0 bridgehead atoms. The standard InChI is InChI=1S/C20H19N7O/c1-27-20-15(12-23-27)19(25-18(26-20)14-7-9-22-10-8-14)24-16(17(21)28)11-13-5-3-2-4-6-13/h2-10,12,16H,11H2,1H3,(H2,21,28)(H,24,25,26). The van der Waals surface area contributed by atoms with Gasteiger partial charge in [0.1, 0.15) is 11.9 Å². The molecule has 0 aliphatic carbocycles. The van der Waals surface area contributed by atoms with Gasteiger partial charge in [-0.2, -0.15) is 5.10 Å². The van der Waals surface area contributed by atoms with E-state index in [9.17, 15) is 4.79 Å². The lowest BCUT2D eigenvalue weighted by Gasteiger charge is -2.17. The molecule has 28 heavy (non-hydrogen) atoms. The Kier molecular flexibility index (Phi) is 4.67. The second-order valence-electron chi connectivity index (χ2n) is 6.43. The number of aromatic nitrogens is 5. The lowest BCUT2D eigenvalue weighted by molar-refractivity contribution is -0.118. The van der Waals surface area contributed by atoms with E-state index in [1.54, 1.807) is 23.3 Å². The van der Waals surface area contributed by atoms with E-state index in [-0.39, 0.29) is 0 Å². The minimum atomic E-state index is -0.619. The molecule has 0 fully saturated rings. The number of carbonyl (C=O) groups excluding carboxylic acids is 1. The van der Waals surface area contributed by atoms with Crippen LogP contribution >= 0.6 is 0 Å². The summed E-state index contributed by atoms with van der Waals surface area (Å²) in [6.45, 7) is 0. The predicted molar refractivity (Wildman–Crippen MR) is 106 cm³/mol.